The lowest BCUT2D eigenvalue weighted by Gasteiger charge is -2.12. The lowest BCUT2D eigenvalue weighted by molar-refractivity contribution is -0.109. The Balaban J connectivity index is 1.79. The molecule has 2 aromatic carbocycles. The van der Waals surface area contributed by atoms with E-state index in [4.69, 9.17) is 49.0 Å². The highest BCUT2D eigenvalue weighted by Crippen LogP contribution is 2.37. The van der Waals surface area contributed by atoms with Crippen molar-refractivity contribution in [3.05, 3.63) is 51.5 Å². The fraction of sp³-hybridized carbons (Fsp3) is 0.235. The molecule has 0 atom stereocenters. The number of benzene rings is 2. The predicted molar refractivity (Wildman–Crippen MR) is 95.1 cm³/mol. The van der Waals surface area contributed by atoms with Crippen molar-refractivity contribution in [2.24, 2.45) is 0 Å². The Morgan fingerprint density at radius 3 is 2.08 bits per heavy atom. The second kappa shape index (κ2) is 9.62. The zero-order chi connectivity index (χ0) is 17.4. The van der Waals surface area contributed by atoms with E-state index in [1.165, 1.54) is 0 Å². The molecule has 0 aromatic heterocycles. The Morgan fingerprint density at radius 1 is 0.833 bits per heavy atom. The van der Waals surface area contributed by atoms with Gasteiger partial charge in [-0.25, -0.2) is 0 Å². The summed E-state index contributed by atoms with van der Waals surface area (Å²) in [7, 11) is 0. The summed E-state index contributed by atoms with van der Waals surface area (Å²) in [5.74, 6) is 1.53. The van der Waals surface area contributed by atoms with Gasteiger partial charge in [0.15, 0.2) is 12.0 Å². The summed E-state index contributed by atoms with van der Waals surface area (Å²) in [4.78, 5) is 10.3. The largest absolute Gasteiger partial charge is 0.493 e. The SMILES string of the molecule is O=CCOc1cc(Cl)c(OCCCOc2ccc(Cl)cc2)c(Cl)c1. The number of hydrogen-bond donors (Lipinski definition) is 0. The molecule has 128 valence electrons. The second-order valence-corrected chi connectivity index (χ2v) is 5.95. The van der Waals surface area contributed by atoms with Gasteiger partial charge in [0.05, 0.1) is 23.3 Å². The molecule has 4 nitrogen and oxygen atoms in total. The quantitative estimate of drug-likeness (QED) is 0.443. The van der Waals surface area contributed by atoms with Crippen molar-refractivity contribution in [1.82, 2.24) is 0 Å². The van der Waals surface area contributed by atoms with Crippen LogP contribution in [0.2, 0.25) is 15.1 Å². The van der Waals surface area contributed by atoms with Crippen molar-refractivity contribution in [1.29, 1.82) is 0 Å². The van der Waals surface area contributed by atoms with Crippen LogP contribution in [0.1, 0.15) is 6.42 Å². The summed E-state index contributed by atoms with van der Waals surface area (Å²) in [6.07, 6.45) is 1.30. The van der Waals surface area contributed by atoms with E-state index >= 15 is 0 Å². The Hall–Kier alpha value is -1.62. The Morgan fingerprint density at radius 2 is 1.46 bits per heavy atom. The van der Waals surface area contributed by atoms with Gasteiger partial charge >= 0.3 is 0 Å². The minimum absolute atomic E-state index is 0.0606. The van der Waals surface area contributed by atoms with Crippen molar-refractivity contribution < 1.29 is 19.0 Å². The van der Waals surface area contributed by atoms with Gasteiger partial charge in [-0.3, -0.25) is 4.79 Å². The van der Waals surface area contributed by atoms with E-state index in [9.17, 15) is 4.79 Å². The number of aldehydes is 1. The number of carbonyl (C=O) groups excluding carboxylic acids is 1. The monoisotopic (exact) mass is 388 g/mol. The van der Waals surface area contributed by atoms with Crippen molar-refractivity contribution >= 4 is 41.1 Å². The predicted octanol–water partition coefficient (Wildman–Crippen LogP) is 5.07. The molecule has 0 N–H and O–H groups in total. The van der Waals surface area contributed by atoms with Gasteiger partial charge in [0.2, 0.25) is 0 Å². The smallest absolute Gasteiger partial charge is 0.157 e. The van der Waals surface area contributed by atoms with Crippen LogP contribution >= 0.6 is 34.8 Å². The van der Waals surface area contributed by atoms with Crippen LogP contribution in [0.4, 0.5) is 0 Å². The van der Waals surface area contributed by atoms with E-state index in [-0.39, 0.29) is 6.61 Å². The van der Waals surface area contributed by atoms with Gasteiger partial charge in [-0.2, -0.15) is 0 Å². The van der Waals surface area contributed by atoms with Gasteiger partial charge in [0, 0.05) is 23.6 Å². The van der Waals surface area contributed by atoms with E-state index in [1.807, 2.05) is 0 Å². The normalized spacial score (nSPS) is 10.3. The summed E-state index contributed by atoms with van der Waals surface area (Å²) in [5, 5.41) is 1.31. The summed E-state index contributed by atoms with van der Waals surface area (Å²) < 4.78 is 16.3. The lowest BCUT2D eigenvalue weighted by atomic mass is 10.3. The Kier molecular flexibility index (Phi) is 7.50. The second-order valence-electron chi connectivity index (χ2n) is 4.70. The van der Waals surface area contributed by atoms with Crippen molar-refractivity contribution in [3.8, 4) is 17.2 Å². The van der Waals surface area contributed by atoms with Crippen molar-refractivity contribution in [2.45, 2.75) is 6.42 Å². The third-order valence-corrected chi connectivity index (χ3v) is 3.72. The van der Waals surface area contributed by atoms with Crippen molar-refractivity contribution in [2.75, 3.05) is 19.8 Å². The summed E-state index contributed by atoms with van der Waals surface area (Å²) in [6.45, 7) is 0.813. The van der Waals surface area contributed by atoms with Gasteiger partial charge in [0.1, 0.15) is 18.1 Å². The average molecular weight is 390 g/mol. The van der Waals surface area contributed by atoms with Crippen LogP contribution in [-0.4, -0.2) is 26.1 Å². The van der Waals surface area contributed by atoms with Crippen LogP contribution in [0.25, 0.3) is 0 Å². The van der Waals surface area contributed by atoms with E-state index in [1.54, 1.807) is 36.4 Å². The zero-order valence-corrected chi connectivity index (χ0v) is 14.9. The van der Waals surface area contributed by atoms with Gasteiger partial charge in [-0.05, 0) is 24.3 Å². The summed E-state index contributed by atoms with van der Waals surface area (Å²) in [6, 6.07) is 10.2. The first-order chi connectivity index (χ1) is 11.6. The molecule has 0 saturated heterocycles. The molecule has 0 amide bonds. The molecule has 7 heteroatoms. The first kappa shape index (κ1) is 18.7. The molecule has 0 aliphatic rings. The molecule has 2 rings (SSSR count). The molecule has 0 aliphatic carbocycles. The van der Waals surface area contributed by atoms with Gasteiger partial charge in [0.25, 0.3) is 0 Å². The Bertz CT molecular complexity index is 651. The minimum atomic E-state index is -0.0606. The summed E-state index contributed by atoms with van der Waals surface area (Å²) in [5.41, 5.74) is 0. The molecule has 0 fully saturated rings. The number of carbonyl (C=O) groups is 1. The standard InChI is InChI=1S/C17H15Cl3O4/c18-12-2-4-13(5-3-12)22-7-1-8-24-17-15(19)10-14(11-16(17)20)23-9-6-21/h2-6,10-11H,1,7-9H2. The van der Waals surface area contributed by atoms with Gasteiger partial charge in [-0.15, -0.1) is 0 Å². The van der Waals surface area contributed by atoms with Crippen LogP contribution in [0.3, 0.4) is 0 Å². The minimum Gasteiger partial charge on any atom is -0.493 e. The molecular formula is C17H15Cl3O4. The molecule has 0 unspecified atom stereocenters. The van der Waals surface area contributed by atoms with Crippen LogP contribution < -0.4 is 14.2 Å². The summed E-state index contributed by atoms with van der Waals surface area (Å²) >= 11 is 18.0. The third kappa shape index (κ3) is 5.78. The molecule has 0 radical (unpaired) electrons. The van der Waals surface area contributed by atoms with Gasteiger partial charge in [-0.1, -0.05) is 34.8 Å². The maximum absolute atomic E-state index is 10.3. The van der Waals surface area contributed by atoms with E-state index < -0.39 is 0 Å². The fourth-order valence-corrected chi connectivity index (χ4v) is 2.54. The average Bonchev–Trinajstić information content (AvgIpc) is 2.56. The maximum Gasteiger partial charge on any atom is 0.157 e. The van der Waals surface area contributed by atoms with Crippen LogP contribution in [0, 0.1) is 0 Å². The van der Waals surface area contributed by atoms with Gasteiger partial charge < -0.3 is 14.2 Å². The molecule has 24 heavy (non-hydrogen) atoms. The Labute approximate surface area is 155 Å². The van der Waals surface area contributed by atoms with Crippen LogP contribution in [0.15, 0.2) is 36.4 Å². The number of halogens is 3. The molecule has 0 aliphatic heterocycles. The van der Waals surface area contributed by atoms with E-state index in [0.717, 1.165) is 5.75 Å². The molecule has 0 saturated carbocycles. The number of ether oxygens (including phenoxy) is 3. The first-order valence-corrected chi connectivity index (χ1v) is 8.30. The van der Waals surface area contributed by atoms with Crippen LogP contribution in [-0.2, 0) is 4.79 Å². The van der Waals surface area contributed by atoms with E-state index in [0.29, 0.717) is 52.5 Å². The zero-order valence-electron chi connectivity index (χ0n) is 12.6. The highest BCUT2D eigenvalue weighted by atomic mass is 35.5. The van der Waals surface area contributed by atoms with E-state index in [2.05, 4.69) is 0 Å². The molecule has 0 bridgehead atoms. The number of hydrogen-bond acceptors (Lipinski definition) is 4. The highest BCUT2D eigenvalue weighted by Gasteiger charge is 2.10. The third-order valence-electron chi connectivity index (χ3n) is 2.91. The first-order valence-electron chi connectivity index (χ1n) is 7.17. The molecular weight excluding hydrogens is 375 g/mol. The molecule has 0 heterocycles. The molecule has 0 spiro atoms. The highest BCUT2D eigenvalue weighted by molar-refractivity contribution is 6.37. The number of rotatable bonds is 9. The van der Waals surface area contributed by atoms with Crippen molar-refractivity contribution in [3.63, 3.8) is 0 Å². The fourth-order valence-electron chi connectivity index (χ4n) is 1.84. The molecule has 2 aromatic rings. The van der Waals surface area contributed by atoms with Crippen LogP contribution in [0.5, 0.6) is 17.2 Å². The maximum atomic E-state index is 10.3. The lowest BCUT2D eigenvalue weighted by Crippen LogP contribution is -2.06. The topological polar surface area (TPSA) is 44.8 Å².